The van der Waals surface area contributed by atoms with E-state index in [9.17, 15) is 15.0 Å². The highest BCUT2D eigenvalue weighted by Gasteiger charge is 2.41. The molecule has 21 heavy (non-hydrogen) atoms. The van der Waals surface area contributed by atoms with Gasteiger partial charge in [0.2, 0.25) is 0 Å². The van der Waals surface area contributed by atoms with Crippen LogP contribution in [0.5, 0.6) is 0 Å². The van der Waals surface area contributed by atoms with E-state index in [0.29, 0.717) is 17.5 Å². The van der Waals surface area contributed by atoms with Gasteiger partial charge in [-0.2, -0.15) is 0 Å². The van der Waals surface area contributed by atoms with Gasteiger partial charge in [-0.25, -0.2) is 4.98 Å². The molecule has 0 radical (unpaired) electrons. The van der Waals surface area contributed by atoms with E-state index in [-0.39, 0.29) is 24.2 Å². The standard InChI is InChI=1S/C14H20N4O3/c1-2-3-18-9(4-11(20)10(18)6-19)8-5-15-13-12(8)16-7-17-14(13)21/h5,7,9-11,15,19-20H,2-4,6H2,1H3,(H,16,17,21)/t9-,10-,11+/m1/s1. The Morgan fingerprint density at radius 3 is 3.00 bits per heavy atom. The van der Waals surface area contributed by atoms with E-state index < -0.39 is 6.10 Å². The third-order valence-corrected chi connectivity index (χ3v) is 4.26. The molecule has 2 aromatic rings. The van der Waals surface area contributed by atoms with Crippen molar-refractivity contribution in [3.63, 3.8) is 0 Å². The van der Waals surface area contributed by atoms with Crippen molar-refractivity contribution in [1.29, 1.82) is 0 Å². The lowest BCUT2D eigenvalue weighted by atomic mass is 10.1. The van der Waals surface area contributed by atoms with Crippen LogP contribution in [-0.2, 0) is 0 Å². The highest BCUT2D eigenvalue weighted by atomic mass is 16.3. The van der Waals surface area contributed by atoms with Gasteiger partial charge in [0.15, 0.2) is 0 Å². The lowest BCUT2D eigenvalue weighted by molar-refractivity contribution is 0.0643. The summed E-state index contributed by atoms with van der Waals surface area (Å²) in [5, 5.41) is 19.7. The van der Waals surface area contributed by atoms with Crippen molar-refractivity contribution in [1.82, 2.24) is 19.9 Å². The van der Waals surface area contributed by atoms with E-state index in [1.54, 1.807) is 6.20 Å². The van der Waals surface area contributed by atoms with Gasteiger partial charge in [-0.3, -0.25) is 9.69 Å². The first-order valence-corrected chi connectivity index (χ1v) is 7.26. The van der Waals surface area contributed by atoms with Crippen LogP contribution in [0.2, 0.25) is 0 Å². The number of nitrogens with zero attached hydrogens (tertiary/aromatic N) is 2. The molecule has 7 heteroatoms. The van der Waals surface area contributed by atoms with Gasteiger partial charge < -0.3 is 20.2 Å². The first kappa shape index (κ1) is 14.2. The highest BCUT2D eigenvalue weighted by molar-refractivity contribution is 5.78. The predicted molar refractivity (Wildman–Crippen MR) is 78.0 cm³/mol. The molecular weight excluding hydrogens is 272 g/mol. The topological polar surface area (TPSA) is 105 Å². The van der Waals surface area contributed by atoms with Crippen molar-refractivity contribution in [2.45, 2.75) is 38.0 Å². The Hall–Kier alpha value is -1.70. The molecule has 0 aliphatic carbocycles. The fraction of sp³-hybridized carbons (Fsp3) is 0.571. The second-order valence-corrected chi connectivity index (χ2v) is 5.51. The van der Waals surface area contributed by atoms with Crippen molar-refractivity contribution < 1.29 is 10.2 Å². The molecule has 114 valence electrons. The van der Waals surface area contributed by atoms with Crippen molar-refractivity contribution in [2.24, 2.45) is 0 Å². The number of nitrogens with one attached hydrogen (secondary N) is 2. The number of hydrogen-bond acceptors (Lipinski definition) is 5. The molecule has 0 aromatic carbocycles. The SMILES string of the molecule is CCCN1[C@@H](c2c[nH]c3c(=O)[nH]cnc23)C[C@H](O)[C@H]1CO. The van der Waals surface area contributed by atoms with Crippen molar-refractivity contribution in [3.05, 3.63) is 28.4 Å². The number of likely N-dealkylation sites (tertiary alicyclic amines) is 1. The molecule has 0 unspecified atom stereocenters. The van der Waals surface area contributed by atoms with Crippen LogP contribution in [0.15, 0.2) is 17.3 Å². The van der Waals surface area contributed by atoms with Crippen LogP contribution in [0, 0.1) is 0 Å². The second kappa shape index (κ2) is 5.59. The van der Waals surface area contributed by atoms with Gasteiger partial charge in [0.25, 0.3) is 5.56 Å². The fourth-order valence-corrected chi connectivity index (χ4v) is 3.31. The van der Waals surface area contributed by atoms with E-state index >= 15 is 0 Å². The van der Waals surface area contributed by atoms with E-state index in [0.717, 1.165) is 18.5 Å². The molecule has 3 rings (SSSR count). The van der Waals surface area contributed by atoms with Crippen LogP contribution in [0.3, 0.4) is 0 Å². The largest absolute Gasteiger partial charge is 0.395 e. The summed E-state index contributed by atoms with van der Waals surface area (Å²) in [7, 11) is 0. The lowest BCUT2D eigenvalue weighted by Crippen LogP contribution is -2.39. The van der Waals surface area contributed by atoms with E-state index in [2.05, 4.69) is 26.8 Å². The van der Waals surface area contributed by atoms with Gasteiger partial charge in [0, 0.05) is 17.8 Å². The predicted octanol–water partition coefficient (Wildman–Crippen LogP) is 0.130. The van der Waals surface area contributed by atoms with Crippen LogP contribution in [0.4, 0.5) is 0 Å². The number of fused-ring (bicyclic) bond motifs is 1. The van der Waals surface area contributed by atoms with Crippen molar-refractivity contribution >= 4 is 11.0 Å². The summed E-state index contributed by atoms with van der Waals surface area (Å²) in [5.41, 5.74) is 1.78. The van der Waals surface area contributed by atoms with Gasteiger partial charge >= 0.3 is 0 Å². The van der Waals surface area contributed by atoms with Gasteiger partial charge in [-0.1, -0.05) is 6.92 Å². The zero-order valence-electron chi connectivity index (χ0n) is 11.9. The summed E-state index contributed by atoms with van der Waals surface area (Å²) in [4.78, 5) is 23.6. The molecule has 4 N–H and O–H groups in total. The molecule has 0 amide bonds. The Morgan fingerprint density at radius 1 is 1.48 bits per heavy atom. The highest BCUT2D eigenvalue weighted by Crippen LogP contribution is 2.38. The maximum Gasteiger partial charge on any atom is 0.275 e. The van der Waals surface area contributed by atoms with Crippen molar-refractivity contribution in [3.8, 4) is 0 Å². The summed E-state index contributed by atoms with van der Waals surface area (Å²) in [6.07, 6.45) is 4.06. The van der Waals surface area contributed by atoms with Crippen LogP contribution >= 0.6 is 0 Å². The average Bonchev–Trinajstić information content (AvgIpc) is 3.02. The van der Waals surface area contributed by atoms with E-state index in [4.69, 9.17) is 0 Å². The zero-order chi connectivity index (χ0) is 15.0. The van der Waals surface area contributed by atoms with E-state index in [1.807, 2.05) is 0 Å². The van der Waals surface area contributed by atoms with Crippen LogP contribution in [-0.4, -0.2) is 55.4 Å². The van der Waals surface area contributed by atoms with Crippen molar-refractivity contribution in [2.75, 3.05) is 13.2 Å². The summed E-state index contributed by atoms with van der Waals surface area (Å²) in [6, 6.07) is -0.304. The number of H-pyrrole nitrogens is 2. The first-order chi connectivity index (χ1) is 10.2. The first-order valence-electron chi connectivity index (χ1n) is 7.26. The minimum absolute atomic E-state index is 0.0415. The number of aliphatic hydroxyl groups is 2. The summed E-state index contributed by atoms with van der Waals surface area (Å²) in [6.45, 7) is 2.77. The molecule has 0 bridgehead atoms. The van der Waals surface area contributed by atoms with E-state index in [1.165, 1.54) is 6.33 Å². The van der Waals surface area contributed by atoms with Crippen LogP contribution < -0.4 is 5.56 Å². The monoisotopic (exact) mass is 292 g/mol. The number of aliphatic hydroxyl groups excluding tert-OH is 2. The molecule has 0 spiro atoms. The third kappa shape index (κ3) is 2.27. The van der Waals surface area contributed by atoms with Crippen LogP contribution in [0.25, 0.3) is 11.0 Å². The molecule has 1 saturated heterocycles. The number of hydrogen-bond donors (Lipinski definition) is 4. The number of rotatable bonds is 4. The Balaban J connectivity index is 2.04. The quantitative estimate of drug-likeness (QED) is 0.641. The second-order valence-electron chi connectivity index (χ2n) is 5.51. The van der Waals surface area contributed by atoms with Gasteiger partial charge in [-0.15, -0.1) is 0 Å². The molecular formula is C14H20N4O3. The van der Waals surface area contributed by atoms with Gasteiger partial charge in [0.1, 0.15) is 11.0 Å². The molecule has 7 nitrogen and oxygen atoms in total. The zero-order valence-corrected chi connectivity index (χ0v) is 11.9. The third-order valence-electron chi connectivity index (χ3n) is 4.26. The molecule has 1 aliphatic rings. The normalized spacial score (nSPS) is 26.7. The minimum atomic E-state index is -0.571. The molecule has 3 heterocycles. The molecule has 1 fully saturated rings. The van der Waals surface area contributed by atoms with Gasteiger partial charge in [-0.05, 0) is 19.4 Å². The molecule has 2 aromatic heterocycles. The Labute approximate surface area is 121 Å². The van der Waals surface area contributed by atoms with Crippen LogP contribution in [0.1, 0.15) is 31.4 Å². The Bertz CT molecular complexity index is 680. The number of aromatic amines is 2. The fourth-order valence-electron chi connectivity index (χ4n) is 3.31. The summed E-state index contributed by atoms with van der Waals surface area (Å²) in [5.74, 6) is 0. The smallest absolute Gasteiger partial charge is 0.275 e. The molecule has 0 saturated carbocycles. The summed E-state index contributed by atoms with van der Waals surface area (Å²) < 4.78 is 0. The Morgan fingerprint density at radius 2 is 2.29 bits per heavy atom. The van der Waals surface area contributed by atoms with Gasteiger partial charge in [0.05, 0.1) is 25.1 Å². The number of aromatic nitrogens is 3. The summed E-state index contributed by atoms with van der Waals surface area (Å²) >= 11 is 0. The maximum absolute atomic E-state index is 11.8. The Kier molecular flexibility index (Phi) is 3.79. The lowest BCUT2D eigenvalue weighted by Gasteiger charge is -2.28. The molecule has 3 atom stereocenters. The molecule has 1 aliphatic heterocycles. The average molecular weight is 292 g/mol. The minimum Gasteiger partial charge on any atom is -0.395 e. The maximum atomic E-state index is 11.8.